The number of nitrogens with one attached hydrogen (secondary N) is 1. The number of carbonyl (C=O) groups is 1. The van der Waals surface area contributed by atoms with E-state index in [-0.39, 0.29) is 11.5 Å². The van der Waals surface area contributed by atoms with Gasteiger partial charge in [0, 0.05) is 11.6 Å². The molecule has 0 radical (unpaired) electrons. The molecule has 228 valence electrons. The van der Waals surface area contributed by atoms with Crippen molar-refractivity contribution in [2.45, 2.75) is 133 Å². The van der Waals surface area contributed by atoms with Gasteiger partial charge in [-0.05, 0) is 58.4 Å². The van der Waals surface area contributed by atoms with Crippen LogP contribution < -0.4 is 4.72 Å². The topological polar surface area (TPSA) is 109 Å². The second kappa shape index (κ2) is 14.2. The van der Waals surface area contributed by atoms with Gasteiger partial charge in [-0.15, -0.1) is 0 Å². The Labute approximate surface area is 244 Å². The highest BCUT2D eigenvalue weighted by atomic mass is 35.5. The number of unbranched alkanes of at least 4 members (excludes halogenated alkanes) is 9. The van der Waals surface area contributed by atoms with Crippen LogP contribution in [0.15, 0.2) is 29.2 Å². The van der Waals surface area contributed by atoms with Crippen molar-refractivity contribution in [3.05, 3.63) is 29.3 Å². The molecule has 2 fully saturated rings. The first-order chi connectivity index (χ1) is 18.8. The van der Waals surface area contributed by atoms with Gasteiger partial charge in [-0.1, -0.05) is 76.3 Å². The van der Waals surface area contributed by atoms with Gasteiger partial charge in [0.1, 0.15) is 12.7 Å². The van der Waals surface area contributed by atoms with E-state index in [1.807, 2.05) is 4.72 Å². The average molecular weight is 604 g/mol. The first kappa shape index (κ1) is 33.1. The van der Waals surface area contributed by atoms with Gasteiger partial charge in [-0.3, -0.25) is 0 Å². The van der Waals surface area contributed by atoms with Crippen molar-refractivity contribution < 1.29 is 36.9 Å². The number of halogens is 1. The Morgan fingerprint density at radius 1 is 0.950 bits per heavy atom. The fourth-order valence-corrected chi connectivity index (χ4v) is 6.32. The van der Waals surface area contributed by atoms with Crippen LogP contribution in [0.4, 0.5) is 4.79 Å². The largest absolute Gasteiger partial charge is 0.437 e. The fourth-order valence-electron chi connectivity index (χ4n) is 5.32. The minimum Gasteiger partial charge on any atom is -0.437 e. The molecule has 0 saturated carbocycles. The van der Waals surface area contributed by atoms with Crippen molar-refractivity contribution in [2.75, 3.05) is 13.2 Å². The highest BCUT2D eigenvalue weighted by Crippen LogP contribution is 2.51. The third-order valence-electron chi connectivity index (χ3n) is 7.52. The third-order valence-corrected chi connectivity index (χ3v) is 9.10. The van der Waals surface area contributed by atoms with Crippen LogP contribution in [0.3, 0.4) is 0 Å². The molecule has 1 N–H and O–H groups in total. The molecule has 40 heavy (non-hydrogen) atoms. The van der Waals surface area contributed by atoms with Crippen molar-refractivity contribution >= 4 is 27.7 Å². The molecule has 11 heteroatoms. The molecule has 4 atom stereocenters. The lowest BCUT2D eigenvalue weighted by Crippen LogP contribution is -2.54. The van der Waals surface area contributed by atoms with Crippen LogP contribution in [0.25, 0.3) is 0 Å². The Bertz CT molecular complexity index is 1070. The van der Waals surface area contributed by atoms with Gasteiger partial charge in [-0.25, -0.2) is 17.9 Å². The molecule has 0 spiro atoms. The first-order valence-corrected chi connectivity index (χ1v) is 16.3. The zero-order valence-corrected chi connectivity index (χ0v) is 26.1. The summed E-state index contributed by atoms with van der Waals surface area (Å²) in [5.74, 6) is -2.33. The molecule has 1 aromatic carbocycles. The lowest BCUT2D eigenvalue weighted by atomic mass is 9.92. The summed E-state index contributed by atoms with van der Waals surface area (Å²) in [7, 11) is -4.18. The number of hydrogen-bond acceptors (Lipinski definition) is 8. The Morgan fingerprint density at radius 3 is 2.12 bits per heavy atom. The molecule has 0 bridgehead atoms. The number of fused-ring (bicyclic) bond motifs is 1. The number of rotatable bonds is 16. The maximum absolute atomic E-state index is 12.8. The maximum Gasteiger partial charge on any atom is 0.421 e. The van der Waals surface area contributed by atoms with E-state index < -0.39 is 45.5 Å². The number of sulfonamides is 1. The first-order valence-electron chi connectivity index (χ1n) is 14.5. The maximum atomic E-state index is 12.8. The predicted octanol–water partition coefficient (Wildman–Crippen LogP) is 6.72. The van der Waals surface area contributed by atoms with Crippen LogP contribution in [0.1, 0.15) is 98.8 Å². The molecule has 9 nitrogen and oxygen atoms in total. The van der Waals surface area contributed by atoms with Gasteiger partial charge in [-0.2, -0.15) is 0 Å². The molecular weight excluding hydrogens is 558 g/mol. The summed E-state index contributed by atoms with van der Waals surface area (Å²) in [6.45, 7) is 9.73. The minimum absolute atomic E-state index is 0.0898. The molecule has 2 aliphatic heterocycles. The van der Waals surface area contributed by atoms with Crippen molar-refractivity contribution in [3.63, 3.8) is 0 Å². The van der Waals surface area contributed by atoms with Crippen molar-refractivity contribution in [1.82, 2.24) is 4.72 Å². The van der Waals surface area contributed by atoms with Crippen molar-refractivity contribution in [3.8, 4) is 0 Å². The predicted molar refractivity (Wildman–Crippen MR) is 153 cm³/mol. The molecule has 1 aromatic rings. The van der Waals surface area contributed by atoms with Crippen LogP contribution in [0, 0.1) is 0 Å². The summed E-state index contributed by atoms with van der Waals surface area (Å²) >= 11 is 5.84. The van der Waals surface area contributed by atoms with E-state index >= 15 is 0 Å². The van der Waals surface area contributed by atoms with Gasteiger partial charge in [0.25, 0.3) is 10.0 Å². The van der Waals surface area contributed by atoms with Gasteiger partial charge in [0.2, 0.25) is 5.79 Å². The van der Waals surface area contributed by atoms with Gasteiger partial charge < -0.3 is 23.7 Å². The van der Waals surface area contributed by atoms with E-state index in [0.29, 0.717) is 11.6 Å². The molecular formula is C29H46ClNO8S. The Balaban J connectivity index is 1.52. The van der Waals surface area contributed by atoms with E-state index in [1.54, 1.807) is 27.7 Å². The highest BCUT2D eigenvalue weighted by Gasteiger charge is 2.71. The van der Waals surface area contributed by atoms with Crippen LogP contribution in [0.2, 0.25) is 5.02 Å². The molecule has 1 amide bonds. The monoisotopic (exact) mass is 603 g/mol. The van der Waals surface area contributed by atoms with Gasteiger partial charge in [0.15, 0.2) is 17.5 Å². The summed E-state index contributed by atoms with van der Waals surface area (Å²) in [4.78, 5) is 12.7. The summed E-state index contributed by atoms with van der Waals surface area (Å²) in [5, 5.41) is 0.374. The number of benzene rings is 1. The molecule has 2 aliphatic rings. The molecule has 1 unspecified atom stereocenters. The molecule has 2 saturated heterocycles. The zero-order valence-electron chi connectivity index (χ0n) is 24.5. The number of ether oxygens (including phenoxy) is 5. The third kappa shape index (κ3) is 8.55. The highest BCUT2D eigenvalue weighted by molar-refractivity contribution is 7.90. The quantitative estimate of drug-likeness (QED) is 0.207. The van der Waals surface area contributed by atoms with E-state index in [9.17, 15) is 13.2 Å². The van der Waals surface area contributed by atoms with Gasteiger partial charge in [0.05, 0.1) is 4.90 Å². The second-order valence-corrected chi connectivity index (χ2v) is 13.6. The van der Waals surface area contributed by atoms with Crippen LogP contribution in [-0.2, 0) is 33.7 Å². The molecule has 0 aromatic heterocycles. The van der Waals surface area contributed by atoms with E-state index in [2.05, 4.69) is 6.92 Å². The minimum atomic E-state index is -4.18. The Morgan fingerprint density at radius 2 is 1.52 bits per heavy atom. The normalized spacial score (nSPS) is 27.4. The molecule has 2 heterocycles. The van der Waals surface area contributed by atoms with Crippen LogP contribution >= 0.6 is 11.6 Å². The van der Waals surface area contributed by atoms with E-state index in [1.165, 1.54) is 75.6 Å². The molecule has 3 rings (SSSR count). The Hall–Kier alpha value is -1.43. The van der Waals surface area contributed by atoms with Gasteiger partial charge >= 0.3 is 6.09 Å². The number of amides is 1. The number of hydrogen-bond donors (Lipinski definition) is 1. The standard InChI is InChI=1S/C29H46ClNO8S/c1-6-7-8-9-10-11-12-13-14-15-20-35-21-29-25(37-27(3,4)39-29)28(5,22(2)36-29)38-26(32)31-40(33,34)24-18-16-23(30)17-19-24/h16-19,22,25H,6-15,20-21H2,1-5H3,(H,31,32)/t22-,25-,28?,29-/m0/s1. The van der Waals surface area contributed by atoms with Crippen molar-refractivity contribution in [2.24, 2.45) is 0 Å². The second-order valence-electron chi connectivity index (χ2n) is 11.4. The molecule has 0 aliphatic carbocycles. The van der Waals surface area contributed by atoms with Crippen molar-refractivity contribution in [1.29, 1.82) is 0 Å². The SMILES string of the molecule is CCCCCCCCCCCCOC[C@@]12O[C@@H](C)C(C)(OC(=O)NS(=O)(=O)c3ccc(Cl)cc3)[C@@H]1OC(C)(C)O2. The average Bonchev–Trinajstić information content (AvgIpc) is 3.24. The smallest absolute Gasteiger partial charge is 0.421 e. The lowest BCUT2D eigenvalue weighted by molar-refractivity contribution is -0.278. The number of carbonyl (C=O) groups excluding carboxylic acids is 1. The summed E-state index contributed by atoms with van der Waals surface area (Å²) in [6, 6.07) is 5.44. The van der Waals surface area contributed by atoms with Crippen LogP contribution in [0.5, 0.6) is 0 Å². The van der Waals surface area contributed by atoms with E-state index in [0.717, 1.165) is 12.8 Å². The fraction of sp³-hybridized carbons (Fsp3) is 0.759. The summed E-state index contributed by atoms with van der Waals surface area (Å²) < 4.78 is 57.6. The summed E-state index contributed by atoms with van der Waals surface area (Å²) in [6.07, 6.45) is 9.67. The lowest BCUT2D eigenvalue weighted by Gasteiger charge is -2.32. The van der Waals surface area contributed by atoms with Crippen LogP contribution in [-0.4, -0.2) is 57.1 Å². The summed E-state index contributed by atoms with van der Waals surface area (Å²) in [5.41, 5.74) is -1.35. The Kier molecular flexibility index (Phi) is 11.7. The van der Waals surface area contributed by atoms with E-state index in [4.69, 9.17) is 35.3 Å². The zero-order chi connectivity index (χ0) is 29.4.